The van der Waals surface area contributed by atoms with Gasteiger partial charge < -0.3 is 19.5 Å². The van der Waals surface area contributed by atoms with Crippen molar-refractivity contribution < 1.29 is 23.8 Å². The fourth-order valence-corrected chi connectivity index (χ4v) is 2.36. The third kappa shape index (κ3) is 5.63. The molecule has 0 aromatic carbocycles. The van der Waals surface area contributed by atoms with E-state index in [1.807, 2.05) is 6.92 Å². The van der Waals surface area contributed by atoms with E-state index in [-0.39, 0.29) is 24.7 Å². The van der Waals surface area contributed by atoms with E-state index in [9.17, 15) is 9.59 Å². The average molecular weight is 299 g/mol. The van der Waals surface area contributed by atoms with E-state index in [4.69, 9.17) is 14.2 Å². The van der Waals surface area contributed by atoms with Crippen molar-refractivity contribution in [2.45, 2.75) is 57.8 Å². The Bertz CT molecular complexity index is 363. The number of hydrogen-bond donors (Lipinski definition) is 1. The van der Waals surface area contributed by atoms with E-state index in [1.165, 1.54) is 0 Å². The summed E-state index contributed by atoms with van der Waals surface area (Å²) in [5.41, 5.74) is 0. The van der Waals surface area contributed by atoms with Crippen LogP contribution in [0.5, 0.6) is 0 Å². The number of nitrogens with one attached hydrogen (secondary N) is 1. The van der Waals surface area contributed by atoms with Gasteiger partial charge in [0, 0.05) is 12.6 Å². The lowest BCUT2D eigenvalue weighted by atomic mass is 10.2. The number of esters is 1. The van der Waals surface area contributed by atoms with E-state index >= 15 is 0 Å². The normalized spacial score (nSPS) is 24.4. The molecule has 2 aliphatic rings. The highest BCUT2D eigenvalue weighted by Gasteiger charge is 2.29. The third-order valence-corrected chi connectivity index (χ3v) is 3.95. The van der Waals surface area contributed by atoms with Crippen LogP contribution in [-0.2, 0) is 23.8 Å². The van der Waals surface area contributed by atoms with Crippen LogP contribution in [0.25, 0.3) is 0 Å². The summed E-state index contributed by atoms with van der Waals surface area (Å²) in [6.45, 7) is 4.50. The van der Waals surface area contributed by atoms with Gasteiger partial charge in [-0.3, -0.25) is 4.79 Å². The van der Waals surface area contributed by atoms with E-state index in [0.717, 1.165) is 32.3 Å². The van der Waals surface area contributed by atoms with E-state index in [0.29, 0.717) is 12.5 Å². The SMILES string of the molecule is CC(OCC1CCCO1)C(=O)OCC(=O)NC(C)C1CC1. The molecule has 1 heterocycles. The van der Waals surface area contributed by atoms with Crippen LogP contribution < -0.4 is 5.32 Å². The molecule has 3 unspecified atom stereocenters. The number of ether oxygens (including phenoxy) is 3. The van der Waals surface area contributed by atoms with Gasteiger partial charge in [0.1, 0.15) is 0 Å². The molecule has 0 aromatic heterocycles. The van der Waals surface area contributed by atoms with Crippen LogP contribution >= 0.6 is 0 Å². The summed E-state index contributed by atoms with van der Waals surface area (Å²) in [5.74, 6) is -0.186. The fourth-order valence-electron chi connectivity index (χ4n) is 2.36. The molecule has 0 aromatic rings. The largest absolute Gasteiger partial charge is 0.454 e. The Morgan fingerprint density at radius 1 is 1.29 bits per heavy atom. The lowest BCUT2D eigenvalue weighted by Crippen LogP contribution is -2.38. The first-order valence-electron chi connectivity index (χ1n) is 7.75. The summed E-state index contributed by atoms with van der Waals surface area (Å²) in [5, 5.41) is 2.84. The molecule has 0 spiro atoms. The minimum Gasteiger partial charge on any atom is -0.454 e. The van der Waals surface area contributed by atoms with Crippen molar-refractivity contribution in [1.82, 2.24) is 5.32 Å². The minimum atomic E-state index is -0.678. The van der Waals surface area contributed by atoms with Crippen LogP contribution in [0.4, 0.5) is 0 Å². The second-order valence-electron chi connectivity index (χ2n) is 5.91. The standard InChI is InChI=1S/C15H25NO5/c1-10(12-5-6-12)16-14(17)9-21-15(18)11(2)20-8-13-4-3-7-19-13/h10-13H,3-9H2,1-2H3,(H,16,17). The molecule has 0 bridgehead atoms. The quantitative estimate of drug-likeness (QED) is 0.678. The third-order valence-electron chi connectivity index (χ3n) is 3.95. The van der Waals surface area contributed by atoms with Gasteiger partial charge in [0.05, 0.1) is 12.7 Å². The summed E-state index contributed by atoms with van der Waals surface area (Å²) in [7, 11) is 0. The molecule has 0 radical (unpaired) electrons. The number of rotatable bonds is 8. The Kier molecular flexibility index (Phi) is 5.99. The number of carbonyl (C=O) groups excluding carboxylic acids is 2. The lowest BCUT2D eigenvalue weighted by Gasteiger charge is -2.16. The van der Waals surface area contributed by atoms with Gasteiger partial charge in [-0.2, -0.15) is 0 Å². The number of carbonyl (C=O) groups is 2. The van der Waals surface area contributed by atoms with Gasteiger partial charge in [0.25, 0.3) is 5.91 Å². The van der Waals surface area contributed by atoms with Crippen LogP contribution in [0, 0.1) is 5.92 Å². The molecule has 6 heteroatoms. The van der Waals surface area contributed by atoms with Crippen molar-refractivity contribution in [2.75, 3.05) is 19.8 Å². The first kappa shape index (κ1) is 16.2. The highest BCUT2D eigenvalue weighted by Crippen LogP contribution is 2.32. The second kappa shape index (κ2) is 7.75. The molecule has 1 N–H and O–H groups in total. The fraction of sp³-hybridized carbons (Fsp3) is 0.867. The van der Waals surface area contributed by atoms with Gasteiger partial charge in [0.15, 0.2) is 12.7 Å². The summed E-state index contributed by atoms with van der Waals surface area (Å²) in [6, 6.07) is 0.157. The Morgan fingerprint density at radius 3 is 2.67 bits per heavy atom. The zero-order valence-corrected chi connectivity index (χ0v) is 12.8. The van der Waals surface area contributed by atoms with Crippen molar-refractivity contribution in [1.29, 1.82) is 0 Å². The molecule has 1 saturated heterocycles. The summed E-state index contributed by atoms with van der Waals surface area (Å²) in [6.07, 6.45) is 3.71. The van der Waals surface area contributed by atoms with Crippen LogP contribution in [0.2, 0.25) is 0 Å². The molecule has 1 aliphatic heterocycles. The molecule has 2 fully saturated rings. The molecule has 2 rings (SSSR count). The van der Waals surface area contributed by atoms with Crippen molar-refractivity contribution in [3.8, 4) is 0 Å². The number of amides is 1. The molecule has 1 amide bonds. The van der Waals surface area contributed by atoms with E-state index < -0.39 is 12.1 Å². The second-order valence-corrected chi connectivity index (χ2v) is 5.91. The van der Waals surface area contributed by atoms with Gasteiger partial charge in [-0.25, -0.2) is 4.79 Å². The van der Waals surface area contributed by atoms with Crippen molar-refractivity contribution >= 4 is 11.9 Å². The maximum atomic E-state index is 11.7. The summed E-state index contributed by atoms with van der Waals surface area (Å²) in [4.78, 5) is 23.3. The van der Waals surface area contributed by atoms with Crippen molar-refractivity contribution in [3.63, 3.8) is 0 Å². The summed E-state index contributed by atoms with van der Waals surface area (Å²) >= 11 is 0. The van der Waals surface area contributed by atoms with Crippen LogP contribution in [0.15, 0.2) is 0 Å². The average Bonchev–Trinajstić information content (AvgIpc) is 3.19. The first-order valence-corrected chi connectivity index (χ1v) is 7.75. The Morgan fingerprint density at radius 2 is 2.05 bits per heavy atom. The molecule has 1 aliphatic carbocycles. The molecule has 3 atom stereocenters. The Balaban J connectivity index is 1.57. The molecular weight excluding hydrogens is 274 g/mol. The topological polar surface area (TPSA) is 73.9 Å². The van der Waals surface area contributed by atoms with Crippen molar-refractivity contribution in [3.05, 3.63) is 0 Å². The Hall–Kier alpha value is -1.14. The van der Waals surface area contributed by atoms with Gasteiger partial charge in [-0.1, -0.05) is 0 Å². The summed E-state index contributed by atoms with van der Waals surface area (Å²) < 4.78 is 15.8. The predicted molar refractivity (Wildman–Crippen MR) is 75.7 cm³/mol. The van der Waals surface area contributed by atoms with Gasteiger partial charge >= 0.3 is 5.97 Å². The monoisotopic (exact) mass is 299 g/mol. The molecule has 21 heavy (non-hydrogen) atoms. The van der Waals surface area contributed by atoms with Gasteiger partial charge in [0.2, 0.25) is 0 Å². The molecule has 1 saturated carbocycles. The molecule has 120 valence electrons. The van der Waals surface area contributed by atoms with Crippen LogP contribution in [0.3, 0.4) is 0 Å². The van der Waals surface area contributed by atoms with Crippen molar-refractivity contribution in [2.24, 2.45) is 5.92 Å². The smallest absolute Gasteiger partial charge is 0.335 e. The Labute approximate surface area is 125 Å². The maximum Gasteiger partial charge on any atom is 0.335 e. The highest BCUT2D eigenvalue weighted by molar-refractivity contribution is 5.82. The maximum absolute atomic E-state index is 11.7. The van der Waals surface area contributed by atoms with Crippen LogP contribution in [0.1, 0.15) is 39.5 Å². The predicted octanol–water partition coefficient (Wildman–Crippen LogP) is 1.03. The van der Waals surface area contributed by atoms with E-state index in [2.05, 4.69) is 5.32 Å². The zero-order chi connectivity index (χ0) is 15.2. The lowest BCUT2D eigenvalue weighted by molar-refractivity contribution is -0.160. The minimum absolute atomic E-state index is 0.0722. The van der Waals surface area contributed by atoms with E-state index in [1.54, 1.807) is 6.92 Å². The van der Waals surface area contributed by atoms with Gasteiger partial charge in [-0.05, 0) is 45.4 Å². The zero-order valence-electron chi connectivity index (χ0n) is 12.8. The first-order chi connectivity index (χ1) is 10.1. The molecule has 6 nitrogen and oxygen atoms in total. The highest BCUT2D eigenvalue weighted by atomic mass is 16.6. The van der Waals surface area contributed by atoms with Gasteiger partial charge in [-0.15, -0.1) is 0 Å². The molecular formula is C15H25NO5. The van der Waals surface area contributed by atoms with Crippen LogP contribution in [-0.4, -0.2) is 49.9 Å². The number of hydrogen-bond acceptors (Lipinski definition) is 5.